The van der Waals surface area contributed by atoms with Gasteiger partial charge in [0.1, 0.15) is 17.7 Å². The number of ether oxygens (including phenoxy) is 2. The van der Waals surface area contributed by atoms with Crippen molar-refractivity contribution in [2.75, 3.05) is 13.2 Å². The topological polar surface area (TPSA) is 60.5 Å². The highest BCUT2D eigenvalue weighted by Crippen LogP contribution is 2.20. The van der Waals surface area contributed by atoms with Crippen molar-refractivity contribution < 1.29 is 18.7 Å². The Morgan fingerprint density at radius 2 is 2.11 bits per heavy atom. The van der Waals surface area contributed by atoms with Crippen molar-refractivity contribution in [1.82, 2.24) is 10.3 Å². The second kappa shape index (κ2) is 7.72. The molecule has 1 aromatic heterocycles. The van der Waals surface area contributed by atoms with Gasteiger partial charge in [-0.1, -0.05) is 12.1 Å². The van der Waals surface area contributed by atoms with Crippen LogP contribution in [-0.4, -0.2) is 36.3 Å². The quantitative estimate of drug-likeness (QED) is 0.769. The van der Waals surface area contributed by atoms with Crippen LogP contribution < -0.4 is 10.1 Å². The van der Waals surface area contributed by atoms with Gasteiger partial charge in [-0.05, 0) is 36.4 Å². The second-order valence-corrected chi connectivity index (χ2v) is 6.47. The fraction of sp³-hybridized carbons (Fsp3) is 0.238. The van der Waals surface area contributed by atoms with Gasteiger partial charge in [0.2, 0.25) is 0 Å². The van der Waals surface area contributed by atoms with Crippen molar-refractivity contribution in [3.8, 4) is 5.75 Å². The summed E-state index contributed by atoms with van der Waals surface area (Å²) in [5.41, 5.74) is 1.38. The fourth-order valence-corrected chi connectivity index (χ4v) is 3.18. The number of rotatable bonds is 4. The van der Waals surface area contributed by atoms with Crippen LogP contribution in [0.5, 0.6) is 5.75 Å². The number of benzene rings is 2. The molecule has 0 saturated carbocycles. The summed E-state index contributed by atoms with van der Waals surface area (Å²) in [6.07, 6.45) is 2.05. The Labute approximate surface area is 156 Å². The zero-order valence-corrected chi connectivity index (χ0v) is 14.6. The highest BCUT2D eigenvalue weighted by atomic mass is 19.1. The predicted octanol–water partition coefficient (Wildman–Crippen LogP) is 3.34. The van der Waals surface area contributed by atoms with Gasteiger partial charge in [0.05, 0.1) is 24.8 Å². The van der Waals surface area contributed by atoms with Gasteiger partial charge in [0.15, 0.2) is 0 Å². The number of nitrogens with zero attached hydrogens (tertiary/aromatic N) is 1. The molecule has 1 amide bonds. The Kier molecular flexibility index (Phi) is 4.98. The third kappa shape index (κ3) is 4.06. The van der Waals surface area contributed by atoms with Crippen LogP contribution in [0.25, 0.3) is 10.9 Å². The number of hydrogen-bond donors (Lipinski definition) is 1. The number of fused-ring (bicyclic) bond motifs is 1. The number of pyridine rings is 1. The van der Waals surface area contributed by atoms with Crippen molar-refractivity contribution in [2.24, 2.45) is 0 Å². The van der Waals surface area contributed by atoms with Gasteiger partial charge in [-0.25, -0.2) is 4.39 Å². The summed E-state index contributed by atoms with van der Waals surface area (Å²) in [7, 11) is 0. The SMILES string of the molecule is O=C(NC1COCCC1Oc1cccc(F)c1)c1ccc2ncccc2c1. The number of carbonyl (C=O) groups excluding carboxylic acids is 1. The summed E-state index contributed by atoms with van der Waals surface area (Å²) in [5, 5.41) is 3.88. The Hall–Kier alpha value is -2.99. The zero-order valence-electron chi connectivity index (χ0n) is 14.6. The van der Waals surface area contributed by atoms with E-state index in [2.05, 4.69) is 10.3 Å². The van der Waals surface area contributed by atoms with Gasteiger partial charge in [-0.3, -0.25) is 9.78 Å². The summed E-state index contributed by atoms with van der Waals surface area (Å²) in [4.78, 5) is 17.0. The molecule has 4 rings (SSSR count). The molecular weight excluding hydrogens is 347 g/mol. The standard InChI is InChI=1S/C21H19FN2O3/c22-16-4-1-5-17(12-16)27-20-8-10-26-13-19(20)24-21(25)15-6-7-18-14(11-15)3-2-9-23-18/h1-7,9,11-12,19-20H,8,10,13H2,(H,24,25). The Morgan fingerprint density at radius 3 is 3.00 bits per heavy atom. The highest BCUT2D eigenvalue weighted by Gasteiger charge is 2.29. The molecule has 5 nitrogen and oxygen atoms in total. The Balaban J connectivity index is 1.49. The van der Waals surface area contributed by atoms with Crippen LogP contribution >= 0.6 is 0 Å². The van der Waals surface area contributed by atoms with Crippen molar-refractivity contribution in [2.45, 2.75) is 18.6 Å². The van der Waals surface area contributed by atoms with Crippen LogP contribution in [0.15, 0.2) is 60.8 Å². The molecule has 0 spiro atoms. The van der Waals surface area contributed by atoms with Crippen LogP contribution in [0.1, 0.15) is 16.8 Å². The van der Waals surface area contributed by atoms with Crippen LogP contribution in [0.2, 0.25) is 0 Å². The van der Waals surface area contributed by atoms with Gasteiger partial charge in [0, 0.05) is 29.6 Å². The predicted molar refractivity (Wildman–Crippen MR) is 99.2 cm³/mol. The summed E-state index contributed by atoms with van der Waals surface area (Å²) in [5.74, 6) is -0.119. The van der Waals surface area contributed by atoms with Crippen LogP contribution in [-0.2, 0) is 4.74 Å². The van der Waals surface area contributed by atoms with E-state index in [1.807, 2.05) is 24.3 Å². The second-order valence-electron chi connectivity index (χ2n) is 6.47. The molecule has 0 bridgehead atoms. The molecule has 138 valence electrons. The van der Waals surface area contributed by atoms with Gasteiger partial charge in [-0.2, -0.15) is 0 Å². The van der Waals surface area contributed by atoms with Gasteiger partial charge in [0.25, 0.3) is 5.91 Å². The normalized spacial score (nSPS) is 19.6. The number of carbonyl (C=O) groups is 1. The van der Waals surface area contributed by atoms with Gasteiger partial charge in [-0.15, -0.1) is 0 Å². The molecule has 1 saturated heterocycles. The molecule has 2 unspecified atom stereocenters. The molecule has 0 radical (unpaired) electrons. The van der Waals surface area contributed by atoms with E-state index in [4.69, 9.17) is 9.47 Å². The van der Waals surface area contributed by atoms with E-state index in [1.165, 1.54) is 12.1 Å². The molecule has 27 heavy (non-hydrogen) atoms. The minimum absolute atomic E-state index is 0.205. The number of amides is 1. The van der Waals surface area contributed by atoms with Crippen LogP contribution in [0.3, 0.4) is 0 Å². The molecule has 1 fully saturated rings. The van der Waals surface area contributed by atoms with Crippen molar-refractivity contribution in [3.05, 3.63) is 72.2 Å². The third-order valence-electron chi connectivity index (χ3n) is 4.56. The lowest BCUT2D eigenvalue weighted by molar-refractivity contribution is -0.00297. The molecule has 1 aliphatic heterocycles. The maximum atomic E-state index is 13.4. The molecule has 1 aliphatic rings. The number of aromatic nitrogens is 1. The average molecular weight is 366 g/mol. The fourth-order valence-electron chi connectivity index (χ4n) is 3.18. The van der Waals surface area contributed by atoms with Crippen LogP contribution in [0, 0.1) is 5.82 Å². The van der Waals surface area contributed by atoms with Crippen LogP contribution in [0.4, 0.5) is 4.39 Å². The number of hydrogen-bond acceptors (Lipinski definition) is 4. The molecule has 2 aromatic carbocycles. The average Bonchev–Trinajstić information content (AvgIpc) is 2.69. The maximum Gasteiger partial charge on any atom is 0.251 e. The summed E-state index contributed by atoms with van der Waals surface area (Å²) in [6, 6.07) is 14.8. The largest absolute Gasteiger partial charge is 0.488 e. The van der Waals surface area contributed by atoms with E-state index in [1.54, 1.807) is 24.4 Å². The van der Waals surface area contributed by atoms with Gasteiger partial charge < -0.3 is 14.8 Å². The minimum Gasteiger partial charge on any atom is -0.488 e. The Morgan fingerprint density at radius 1 is 1.19 bits per heavy atom. The van der Waals surface area contributed by atoms with E-state index in [0.717, 1.165) is 10.9 Å². The van der Waals surface area contributed by atoms with Crippen molar-refractivity contribution in [3.63, 3.8) is 0 Å². The molecule has 1 N–H and O–H groups in total. The lowest BCUT2D eigenvalue weighted by Gasteiger charge is -2.32. The Bertz CT molecular complexity index is 963. The van der Waals surface area contributed by atoms with E-state index in [0.29, 0.717) is 30.9 Å². The molecular formula is C21H19FN2O3. The number of halogens is 1. The summed E-state index contributed by atoms with van der Waals surface area (Å²) in [6.45, 7) is 0.884. The summed E-state index contributed by atoms with van der Waals surface area (Å²) < 4.78 is 24.8. The lowest BCUT2D eigenvalue weighted by Crippen LogP contribution is -2.51. The lowest BCUT2D eigenvalue weighted by atomic mass is 10.0. The van der Waals surface area contributed by atoms with E-state index in [-0.39, 0.29) is 23.9 Å². The smallest absolute Gasteiger partial charge is 0.251 e. The summed E-state index contributed by atoms with van der Waals surface area (Å²) >= 11 is 0. The van der Waals surface area contributed by atoms with Gasteiger partial charge >= 0.3 is 0 Å². The highest BCUT2D eigenvalue weighted by molar-refractivity contribution is 5.98. The zero-order chi connectivity index (χ0) is 18.6. The molecule has 2 atom stereocenters. The first-order valence-corrected chi connectivity index (χ1v) is 8.85. The first-order valence-electron chi connectivity index (χ1n) is 8.85. The molecule has 3 aromatic rings. The molecule has 0 aliphatic carbocycles. The first-order chi connectivity index (χ1) is 13.2. The maximum absolute atomic E-state index is 13.4. The third-order valence-corrected chi connectivity index (χ3v) is 4.56. The minimum atomic E-state index is -0.357. The molecule has 6 heteroatoms. The van der Waals surface area contributed by atoms with Crippen molar-refractivity contribution >= 4 is 16.8 Å². The number of nitrogens with one attached hydrogen (secondary N) is 1. The van der Waals surface area contributed by atoms with E-state index >= 15 is 0 Å². The monoisotopic (exact) mass is 366 g/mol. The van der Waals surface area contributed by atoms with Crippen molar-refractivity contribution in [1.29, 1.82) is 0 Å². The van der Waals surface area contributed by atoms with E-state index in [9.17, 15) is 9.18 Å². The molecule has 2 heterocycles. The first kappa shape index (κ1) is 17.4. The van der Waals surface area contributed by atoms with E-state index < -0.39 is 0 Å².